The first kappa shape index (κ1) is 10.0. The van der Waals surface area contributed by atoms with Crippen molar-refractivity contribution in [3.63, 3.8) is 0 Å². The summed E-state index contributed by atoms with van der Waals surface area (Å²) in [7, 11) is 0. The molecule has 1 unspecified atom stereocenters. The first-order chi connectivity index (χ1) is 5.36. The molecule has 70 valence electrons. The molecule has 2 rings (SSSR count). The Morgan fingerprint density at radius 3 is 2.58 bits per heavy atom. The van der Waals surface area contributed by atoms with Gasteiger partial charge in [-0.1, -0.05) is 6.42 Å². The quantitative estimate of drug-likeness (QED) is 0.678. The van der Waals surface area contributed by atoms with Crippen LogP contribution in [0.1, 0.15) is 32.1 Å². The molecule has 0 amide bonds. The normalized spacial score (nSPS) is 30.7. The molecule has 2 fully saturated rings. The lowest BCUT2D eigenvalue weighted by Crippen LogP contribution is -2.45. The maximum absolute atomic E-state index is 11.1. The second kappa shape index (κ2) is 4.24. The third-order valence-corrected chi connectivity index (χ3v) is 2.98. The van der Waals surface area contributed by atoms with Crippen molar-refractivity contribution in [3.05, 3.63) is 0 Å². The molecule has 0 aromatic rings. The van der Waals surface area contributed by atoms with E-state index in [0.29, 0.717) is 11.8 Å². The van der Waals surface area contributed by atoms with Crippen LogP contribution in [-0.4, -0.2) is 18.4 Å². The van der Waals surface area contributed by atoms with Crippen LogP contribution in [0, 0.1) is 5.92 Å². The van der Waals surface area contributed by atoms with Crippen LogP contribution in [0.25, 0.3) is 0 Å². The summed E-state index contributed by atoms with van der Waals surface area (Å²) < 4.78 is 0. The van der Waals surface area contributed by atoms with E-state index in [-0.39, 0.29) is 12.4 Å². The SMILES string of the molecule is Cl.O=C1CCNC(C2CCC2)C1. The Morgan fingerprint density at radius 1 is 1.33 bits per heavy atom. The number of nitrogens with one attached hydrogen (secondary N) is 1. The number of hydrogen-bond acceptors (Lipinski definition) is 2. The van der Waals surface area contributed by atoms with Gasteiger partial charge >= 0.3 is 0 Å². The smallest absolute Gasteiger partial charge is 0.135 e. The number of Topliss-reactive ketones (excluding diaryl/α,β-unsaturated/α-hetero) is 1. The monoisotopic (exact) mass is 189 g/mol. The summed E-state index contributed by atoms with van der Waals surface area (Å²) in [5, 5.41) is 3.43. The summed E-state index contributed by atoms with van der Waals surface area (Å²) >= 11 is 0. The summed E-state index contributed by atoms with van der Waals surface area (Å²) in [6.07, 6.45) is 5.60. The molecule has 0 bridgehead atoms. The summed E-state index contributed by atoms with van der Waals surface area (Å²) in [6, 6.07) is 0.532. The Balaban J connectivity index is 0.000000720. The third kappa shape index (κ3) is 1.99. The average molecular weight is 190 g/mol. The minimum Gasteiger partial charge on any atom is -0.313 e. The summed E-state index contributed by atoms with van der Waals surface area (Å²) in [6.45, 7) is 0.917. The zero-order valence-corrected chi connectivity index (χ0v) is 8.03. The van der Waals surface area contributed by atoms with Crippen molar-refractivity contribution in [2.45, 2.75) is 38.1 Å². The molecule has 1 aliphatic heterocycles. The van der Waals surface area contributed by atoms with Gasteiger partial charge in [-0.05, 0) is 18.8 Å². The molecule has 0 aromatic heterocycles. The van der Waals surface area contributed by atoms with E-state index < -0.39 is 0 Å². The highest BCUT2D eigenvalue weighted by molar-refractivity contribution is 5.85. The van der Waals surface area contributed by atoms with Crippen LogP contribution >= 0.6 is 12.4 Å². The zero-order chi connectivity index (χ0) is 7.68. The lowest BCUT2D eigenvalue weighted by Gasteiger charge is -2.36. The van der Waals surface area contributed by atoms with Crippen molar-refractivity contribution in [2.24, 2.45) is 5.92 Å². The van der Waals surface area contributed by atoms with Gasteiger partial charge in [0, 0.05) is 25.4 Å². The molecule has 2 nitrogen and oxygen atoms in total. The second-order valence-corrected chi connectivity index (χ2v) is 3.74. The van der Waals surface area contributed by atoms with Crippen LogP contribution in [0.2, 0.25) is 0 Å². The molecular formula is C9H16ClNO. The minimum atomic E-state index is 0. The van der Waals surface area contributed by atoms with Gasteiger partial charge in [-0.2, -0.15) is 0 Å². The molecule has 1 N–H and O–H groups in total. The van der Waals surface area contributed by atoms with Crippen LogP contribution in [-0.2, 0) is 4.79 Å². The molecule has 0 radical (unpaired) electrons. The van der Waals surface area contributed by atoms with Gasteiger partial charge in [0.25, 0.3) is 0 Å². The third-order valence-electron chi connectivity index (χ3n) is 2.98. The van der Waals surface area contributed by atoms with Gasteiger partial charge in [-0.3, -0.25) is 4.79 Å². The lowest BCUT2D eigenvalue weighted by atomic mass is 9.77. The predicted octanol–water partition coefficient (Wildman–Crippen LogP) is 1.53. The topological polar surface area (TPSA) is 29.1 Å². The summed E-state index contributed by atoms with van der Waals surface area (Å²) in [4.78, 5) is 11.1. The molecule has 3 heteroatoms. The molecule has 12 heavy (non-hydrogen) atoms. The zero-order valence-electron chi connectivity index (χ0n) is 7.21. The first-order valence-corrected chi connectivity index (χ1v) is 4.61. The molecule has 0 spiro atoms. The van der Waals surface area contributed by atoms with Crippen LogP contribution in [0.3, 0.4) is 0 Å². The van der Waals surface area contributed by atoms with E-state index in [1.807, 2.05) is 0 Å². The Hall–Kier alpha value is -0.0800. The number of piperidine rings is 1. The van der Waals surface area contributed by atoms with Crippen molar-refractivity contribution >= 4 is 18.2 Å². The van der Waals surface area contributed by atoms with E-state index in [1.54, 1.807) is 0 Å². The fourth-order valence-corrected chi connectivity index (χ4v) is 1.99. The predicted molar refractivity (Wildman–Crippen MR) is 50.6 cm³/mol. The number of rotatable bonds is 1. The number of halogens is 1. The number of carbonyl (C=O) groups is 1. The molecule has 1 saturated carbocycles. The second-order valence-electron chi connectivity index (χ2n) is 3.74. The number of hydrogen-bond donors (Lipinski definition) is 1. The van der Waals surface area contributed by atoms with Crippen molar-refractivity contribution < 1.29 is 4.79 Å². The molecule has 1 atom stereocenters. The van der Waals surface area contributed by atoms with Gasteiger partial charge in [-0.25, -0.2) is 0 Å². The van der Waals surface area contributed by atoms with E-state index in [4.69, 9.17) is 0 Å². The minimum absolute atomic E-state index is 0. The highest BCUT2D eigenvalue weighted by Gasteiger charge is 2.30. The Labute approximate surface area is 79.5 Å². The average Bonchev–Trinajstić information content (AvgIpc) is 1.83. The van der Waals surface area contributed by atoms with E-state index >= 15 is 0 Å². The standard InChI is InChI=1S/C9H15NO.ClH/c11-8-4-5-10-9(6-8)7-2-1-3-7;/h7,9-10H,1-6H2;1H. The van der Waals surface area contributed by atoms with Crippen LogP contribution < -0.4 is 5.32 Å². The lowest BCUT2D eigenvalue weighted by molar-refractivity contribution is -0.121. The van der Waals surface area contributed by atoms with Crippen molar-refractivity contribution in [2.75, 3.05) is 6.54 Å². The Bertz CT molecular complexity index is 168. The largest absolute Gasteiger partial charge is 0.313 e. The molecule has 0 aromatic carbocycles. The van der Waals surface area contributed by atoms with Gasteiger partial charge < -0.3 is 5.32 Å². The van der Waals surface area contributed by atoms with Gasteiger partial charge in [0.05, 0.1) is 0 Å². The Morgan fingerprint density at radius 2 is 2.08 bits per heavy atom. The van der Waals surface area contributed by atoms with E-state index in [1.165, 1.54) is 19.3 Å². The van der Waals surface area contributed by atoms with Crippen molar-refractivity contribution in [1.82, 2.24) is 5.32 Å². The number of ketones is 1. The van der Waals surface area contributed by atoms with E-state index in [9.17, 15) is 4.79 Å². The van der Waals surface area contributed by atoms with Crippen molar-refractivity contribution in [3.8, 4) is 0 Å². The molecule has 1 saturated heterocycles. The summed E-state index contributed by atoms with van der Waals surface area (Å²) in [5.74, 6) is 1.28. The van der Waals surface area contributed by atoms with Crippen LogP contribution in [0.4, 0.5) is 0 Å². The fraction of sp³-hybridized carbons (Fsp3) is 0.889. The maximum Gasteiger partial charge on any atom is 0.135 e. The van der Waals surface area contributed by atoms with Crippen LogP contribution in [0.5, 0.6) is 0 Å². The maximum atomic E-state index is 11.1. The highest BCUT2D eigenvalue weighted by atomic mass is 35.5. The van der Waals surface area contributed by atoms with E-state index in [0.717, 1.165) is 25.3 Å². The fourth-order valence-electron chi connectivity index (χ4n) is 1.99. The molecule has 1 heterocycles. The molecular weight excluding hydrogens is 174 g/mol. The van der Waals surface area contributed by atoms with Gasteiger partial charge in [0.1, 0.15) is 5.78 Å². The van der Waals surface area contributed by atoms with Gasteiger partial charge in [0.2, 0.25) is 0 Å². The Kier molecular flexibility index (Phi) is 3.53. The highest BCUT2D eigenvalue weighted by Crippen LogP contribution is 2.31. The molecule has 2 aliphatic rings. The first-order valence-electron chi connectivity index (χ1n) is 4.61. The van der Waals surface area contributed by atoms with Gasteiger partial charge in [-0.15, -0.1) is 12.4 Å². The van der Waals surface area contributed by atoms with Gasteiger partial charge in [0.15, 0.2) is 0 Å². The van der Waals surface area contributed by atoms with E-state index in [2.05, 4.69) is 5.32 Å². The summed E-state index contributed by atoms with van der Waals surface area (Å²) in [5.41, 5.74) is 0. The molecule has 1 aliphatic carbocycles. The van der Waals surface area contributed by atoms with Crippen LogP contribution in [0.15, 0.2) is 0 Å². The van der Waals surface area contributed by atoms with Crippen molar-refractivity contribution in [1.29, 1.82) is 0 Å². The number of carbonyl (C=O) groups excluding carboxylic acids is 1.